The number of rotatable bonds is 6. The van der Waals surface area contributed by atoms with Gasteiger partial charge in [-0.15, -0.1) is 0 Å². The number of hydrogen-bond donors (Lipinski definition) is 2. The Bertz CT molecular complexity index is 599. The van der Waals surface area contributed by atoms with Crippen molar-refractivity contribution in [1.29, 1.82) is 0 Å². The molecule has 1 saturated carbocycles. The van der Waals surface area contributed by atoms with E-state index in [0.29, 0.717) is 36.4 Å². The molecule has 6 nitrogen and oxygen atoms in total. The zero-order chi connectivity index (χ0) is 17.7. The lowest BCUT2D eigenvalue weighted by molar-refractivity contribution is -0.143. The minimum absolute atomic E-state index is 0.0277. The number of nitrogens with one attached hydrogen (secondary N) is 1. The number of carbonyl (C=O) groups is 2. The van der Waals surface area contributed by atoms with E-state index in [-0.39, 0.29) is 17.9 Å². The Morgan fingerprint density at radius 3 is 2.58 bits per heavy atom. The van der Waals surface area contributed by atoms with E-state index in [0.717, 1.165) is 6.42 Å². The zero-order valence-corrected chi connectivity index (χ0v) is 14.4. The number of hydrogen-bond acceptors (Lipinski definition) is 4. The van der Waals surface area contributed by atoms with Crippen molar-refractivity contribution in [2.24, 2.45) is 11.8 Å². The second kappa shape index (κ2) is 8.04. The van der Waals surface area contributed by atoms with Crippen LogP contribution in [0.3, 0.4) is 0 Å². The van der Waals surface area contributed by atoms with Crippen LogP contribution in [-0.2, 0) is 9.59 Å². The van der Waals surface area contributed by atoms with Gasteiger partial charge in [-0.05, 0) is 45.2 Å². The van der Waals surface area contributed by atoms with Crippen molar-refractivity contribution in [2.75, 3.05) is 12.4 Å². The quantitative estimate of drug-likeness (QED) is 0.833. The summed E-state index contributed by atoms with van der Waals surface area (Å²) in [6, 6.07) is 5.25. The van der Waals surface area contributed by atoms with Crippen LogP contribution in [0.4, 0.5) is 5.69 Å². The Balaban J connectivity index is 2.13. The number of methoxy groups -OCH3 is 1. The van der Waals surface area contributed by atoms with Gasteiger partial charge in [-0.2, -0.15) is 0 Å². The molecular weight excluding hydrogens is 310 g/mol. The van der Waals surface area contributed by atoms with Crippen LogP contribution in [0, 0.1) is 11.8 Å². The highest BCUT2D eigenvalue weighted by Gasteiger charge is 2.31. The van der Waals surface area contributed by atoms with E-state index in [1.807, 2.05) is 13.8 Å². The van der Waals surface area contributed by atoms with E-state index < -0.39 is 11.9 Å². The van der Waals surface area contributed by atoms with Gasteiger partial charge in [-0.3, -0.25) is 9.59 Å². The SMILES string of the molecule is COc1ccc(OC(C)C)c(NC(=O)C2CCCC(C(=O)O)C2)c1. The molecule has 1 aromatic rings. The Hall–Kier alpha value is -2.24. The van der Waals surface area contributed by atoms with Crippen LogP contribution in [0.5, 0.6) is 11.5 Å². The molecule has 1 fully saturated rings. The van der Waals surface area contributed by atoms with Gasteiger partial charge < -0.3 is 19.9 Å². The van der Waals surface area contributed by atoms with E-state index >= 15 is 0 Å². The fourth-order valence-electron chi connectivity index (χ4n) is 2.98. The maximum Gasteiger partial charge on any atom is 0.306 e. The molecule has 1 aliphatic rings. The van der Waals surface area contributed by atoms with E-state index in [1.54, 1.807) is 25.3 Å². The van der Waals surface area contributed by atoms with Gasteiger partial charge in [-0.1, -0.05) is 6.42 Å². The molecule has 6 heteroatoms. The lowest BCUT2D eigenvalue weighted by Crippen LogP contribution is -2.31. The molecule has 2 unspecified atom stereocenters. The molecule has 0 bridgehead atoms. The molecule has 24 heavy (non-hydrogen) atoms. The second-order valence-corrected chi connectivity index (χ2v) is 6.42. The molecule has 2 N–H and O–H groups in total. The van der Waals surface area contributed by atoms with Gasteiger partial charge in [0.1, 0.15) is 11.5 Å². The summed E-state index contributed by atoms with van der Waals surface area (Å²) in [6.45, 7) is 3.82. The number of benzene rings is 1. The summed E-state index contributed by atoms with van der Waals surface area (Å²) in [5.74, 6) is -0.525. The van der Waals surface area contributed by atoms with E-state index in [2.05, 4.69) is 5.32 Å². The Morgan fingerprint density at radius 1 is 1.25 bits per heavy atom. The molecule has 0 aromatic heterocycles. The minimum atomic E-state index is -0.822. The first-order valence-corrected chi connectivity index (χ1v) is 8.29. The molecule has 0 radical (unpaired) electrons. The molecule has 132 valence electrons. The van der Waals surface area contributed by atoms with Crippen LogP contribution in [-0.4, -0.2) is 30.2 Å². The molecule has 1 aliphatic carbocycles. The van der Waals surface area contributed by atoms with Crippen LogP contribution in [0.2, 0.25) is 0 Å². The van der Waals surface area contributed by atoms with E-state index in [1.165, 1.54) is 0 Å². The summed E-state index contributed by atoms with van der Waals surface area (Å²) < 4.78 is 10.9. The molecular formula is C18H25NO5. The van der Waals surface area contributed by atoms with Crippen LogP contribution in [0.25, 0.3) is 0 Å². The first kappa shape index (κ1) is 18.1. The van der Waals surface area contributed by atoms with Crippen molar-refractivity contribution in [1.82, 2.24) is 0 Å². The second-order valence-electron chi connectivity index (χ2n) is 6.42. The van der Waals surface area contributed by atoms with Crippen LogP contribution < -0.4 is 14.8 Å². The van der Waals surface area contributed by atoms with Crippen molar-refractivity contribution in [3.05, 3.63) is 18.2 Å². The maximum atomic E-state index is 12.6. The highest BCUT2D eigenvalue weighted by Crippen LogP contribution is 2.33. The van der Waals surface area contributed by atoms with Gasteiger partial charge in [0.05, 0.1) is 24.8 Å². The first-order valence-electron chi connectivity index (χ1n) is 8.29. The Labute approximate surface area is 142 Å². The van der Waals surface area contributed by atoms with Crippen molar-refractivity contribution in [3.63, 3.8) is 0 Å². The van der Waals surface area contributed by atoms with Gasteiger partial charge in [0.15, 0.2) is 0 Å². The number of carbonyl (C=O) groups excluding carboxylic acids is 1. The molecule has 1 amide bonds. The lowest BCUT2D eigenvalue weighted by atomic mass is 9.81. The van der Waals surface area contributed by atoms with Gasteiger partial charge in [0.25, 0.3) is 0 Å². The Kier molecular flexibility index (Phi) is 6.06. The Morgan fingerprint density at radius 2 is 1.96 bits per heavy atom. The maximum absolute atomic E-state index is 12.6. The number of amides is 1. The average Bonchev–Trinajstić information content (AvgIpc) is 2.56. The largest absolute Gasteiger partial charge is 0.497 e. The molecule has 1 aromatic carbocycles. The summed E-state index contributed by atoms with van der Waals surface area (Å²) in [6.07, 6.45) is 2.45. The predicted octanol–water partition coefficient (Wildman–Crippen LogP) is 3.31. The van der Waals surface area contributed by atoms with Crippen molar-refractivity contribution in [3.8, 4) is 11.5 Å². The summed E-state index contributed by atoms with van der Waals surface area (Å²) in [5, 5.41) is 12.1. The molecule has 2 rings (SSSR count). The molecule has 0 aliphatic heterocycles. The smallest absolute Gasteiger partial charge is 0.306 e. The molecule has 0 spiro atoms. The third kappa shape index (κ3) is 4.63. The zero-order valence-electron chi connectivity index (χ0n) is 14.4. The topological polar surface area (TPSA) is 84.9 Å². The van der Waals surface area contributed by atoms with E-state index in [9.17, 15) is 14.7 Å². The monoisotopic (exact) mass is 335 g/mol. The number of carboxylic acids is 1. The highest BCUT2D eigenvalue weighted by molar-refractivity contribution is 5.94. The molecule has 2 atom stereocenters. The molecule has 0 heterocycles. The van der Waals surface area contributed by atoms with Gasteiger partial charge in [0, 0.05) is 12.0 Å². The van der Waals surface area contributed by atoms with Gasteiger partial charge >= 0.3 is 5.97 Å². The summed E-state index contributed by atoms with van der Waals surface area (Å²) in [4.78, 5) is 23.7. The summed E-state index contributed by atoms with van der Waals surface area (Å²) >= 11 is 0. The fourth-order valence-corrected chi connectivity index (χ4v) is 2.98. The fraction of sp³-hybridized carbons (Fsp3) is 0.556. The third-order valence-corrected chi connectivity index (χ3v) is 4.20. The molecule has 0 saturated heterocycles. The highest BCUT2D eigenvalue weighted by atomic mass is 16.5. The van der Waals surface area contributed by atoms with Crippen LogP contribution in [0.15, 0.2) is 18.2 Å². The van der Waals surface area contributed by atoms with Gasteiger partial charge in [-0.25, -0.2) is 0 Å². The summed E-state index contributed by atoms with van der Waals surface area (Å²) in [7, 11) is 1.56. The van der Waals surface area contributed by atoms with Gasteiger partial charge in [0.2, 0.25) is 5.91 Å². The van der Waals surface area contributed by atoms with Crippen molar-refractivity contribution >= 4 is 17.6 Å². The predicted molar refractivity (Wildman–Crippen MR) is 90.5 cm³/mol. The third-order valence-electron chi connectivity index (χ3n) is 4.20. The van der Waals surface area contributed by atoms with Crippen LogP contribution >= 0.6 is 0 Å². The first-order chi connectivity index (χ1) is 11.4. The number of ether oxygens (including phenoxy) is 2. The van der Waals surface area contributed by atoms with E-state index in [4.69, 9.17) is 9.47 Å². The standard InChI is InChI=1S/C18H25NO5/c1-11(2)24-16-8-7-14(23-3)10-15(16)19-17(20)12-5-4-6-13(9-12)18(21)22/h7-8,10-13H,4-6,9H2,1-3H3,(H,19,20)(H,21,22). The number of anilines is 1. The van der Waals surface area contributed by atoms with Crippen LogP contribution in [0.1, 0.15) is 39.5 Å². The van der Waals surface area contributed by atoms with Crippen molar-refractivity contribution in [2.45, 2.75) is 45.6 Å². The normalized spacial score (nSPS) is 20.5. The lowest BCUT2D eigenvalue weighted by Gasteiger charge is -2.26. The van der Waals surface area contributed by atoms with Crippen molar-refractivity contribution < 1.29 is 24.2 Å². The minimum Gasteiger partial charge on any atom is -0.497 e. The average molecular weight is 335 g/mol. The number of aliphatic carboxylic acids is 1. The summed E-state index contributed by atoms with van der Waals surface area (Å²) in [5.41, 5.74) is 0.547. The number of carboxylic acid groups (broad SMARTS) is 1.